The number of hydrogen-bond donors (Lipinski definition) is 1. The fraction of sp³-hybridized carbons (Fsp3) is 0.333. The van der Waals surface area contributed by atoms with E-state index in [0.717, 1.165) is 16.7 Å². The molecule has 7 heteroatoms. The number of aryl methyl sites for hydroxylation is 1. The van der Waals surface area contributed by atoms with E-state index in [1.807, 2.05) is 44.2 Å². The molecule has 0 saturated heterocycles. The van der Waals surface area contributed by atoms with Gasteiger partial charge in [0, 0.05) is 23.1 Å². The molecule has 0 spiro atoms. The molecule has 150 valence electrons. The molecular weight excluding hydrogens is 380 g/mol. The molecule has 2 aromatic carbocycles. The first-order chi connectivity index (χ1) is 13.5. The first kappa shape index (κ1) is 21.7. The number of benzene rings is 2. The highest BCUT2D eigenvalue weighted by molar-refractivity contribution is 6.30. The highest BCUT2D eigenvalue weighted by atomic mass is 35.5. The smallest absolute Gasteiger partial charge is 0.327 e. The van der Waals surface area contributed by atoms with Crippen molar-refractivity contribution in [3.05, 3.63) is 47.0 Å². The number of anilines is 1. The van der Waals surface area contributed by atoms with Crippen LogP contribution in [0.15, 0.2) is 36.4 Å². The zero-order chi connectivity index (χ0) is 20.7. The van der Waals surface area contributed by atoms with E-state index in [2.05, 4.69) is 0 Å². The lowest BCUT2D eigenvalue weighted by molar-refractivity contribution is -0.142. The van der Waals surface area contributed by atoms with Gasteiger partial charge in [0.15, 0.2) is 0 Å². The average molecular weight is 405 g/mol. The molecule has 0 fully saturated rings. The topological polar surface area (TPSA) is 81.9 Å². The predicted octanol–water partition coefficient (Wildman–Crippen LogP) is 3.78. The molecule has 1 aliphatic heterocycles. The second kappa shape index (κ2) is 10.1. The molecule has 1 aliphatic rings. The summed E-state index contributed by atoms with van der Waals surface area (Å²) in [6.45, 7) is 3.61. The Morgan fingerprint density at radius 2 is 1.86 bits per heavy atom. The molecule has 0 radical (unpaired) electrons. The van der Waals surface area contributed by atoms with Crippen LogP contribution < -0.4 is 15.4 Å². The van der Waals surface area contributed by atoms with Gasteiger partial charge in [-0.1, -0.05) is 37.6 Å². The van der Waals surface area contributed by atoms with Crippen LogP contribution >= 0.6 is 11.6 Å². The monoisotopic (exact) mass is 404 g/mol. The van der Waals surface area contributed by atoms with E-state index in [-0.39, 0.29) is 19.2 Å². The second-order valence-corrected chi connectivity index (χ2v) is 6.29. The Kier molecular flexibility index (Phi) is 7.84. The maximum absolute atomic E-state index is 12.3. The highest BCUT2D eigenvalue weighted by Gasteiger charge is 2.28. The van der Waals surface area contributed by atoms with Gasteiger partial charge in [-0.3, -0.25) is 15.3 Å². The van der Waals surface area contributed by atoms with Gasteiger partial charge in [-0.05, 0) is 35.7 Å². The van der Waals surface area contributed by atoms with Gasteiger partial charge in [0.25, 0.3) is 0 Å². The number of fused-ring (bicyclic) bond motifs is 1. The van der Waals surface area contributed by atoms with E-state index >= 15 is 0 Å². The molecule has 0 bridgehead atoms. The maximum atomic E-state index is 12.3. The Balaban J connectivity index is 0.00000136. The summed E-state index contributed by atoms with van der Waals surface area (Å²) in [6, 6.07) is 11.2. The SMILES string of the molecule is CC.COc1cc2c(cc1-c1ccc(Cl)cc1)CCC(=O)N2CC(=O)OCN. The zero-order valence-corrected chi connectivity index (χ0v) is 17.1. The maximum Gasteiger partial charge on any atom is 0.327 e. The van der Waals surface area contributed by atoms with Gasteiger partial charge in [0.2, 0.25) is 5.91 Å². The minimum atomic E-state index is -0.547. The van der Waals surface area contributed by atoms with E-state index in [0.29, 0.717) is 29.3 Å². The normalized spacial score (nSPS) is 12.6. The van der Waals surface area contributed by atoms with Crippen LogP contribution in [0.5, 0.6) is 5.75 Å². The standard InChI is InChI=1S/C19H19ClN2O4.C2H6/c1-25-17-9-16-13(8-15(17)12-2-5-14(20)6-3-12)4-7-18(23)22(16)10-19(24)26-11-21;1-2/h2-3,5-6,8-9H,4,7,10-11,21H2,1H3;1-2H3. The molecule has 1 amide bonds. The number of esters is 1. The molecule has 0 aliphatic carbocycles. The minimum Gasteiger partial charge on any atom is -0.496 e. The number of amides is 1. The number of hydrogen-bond acceptors (Lipinski definition) is 5. The Morgan fingerprint density at radius 1 is 1.18 bits per heavy atom. The van der Waals surface area contributed by atoms with E-state index in [1.165, 1.54) is 4.90 Å². The molecule has 2 N–H and O–H groups in total. The summed E-state index contributed by atoms with van der Waals surface area (Å²) in [5, 5.41) is 0.654. The van der Waals surface area contributed by atoms with E-state index in [9.17, 15) is 9.59 Å². The van der Waals surface area contributed by atoms with Crippen LogP contribution in [0.1, 0.15) is 25.8 Å². The van der Waals surface area contributed by atoms with Gasteiger partial charge >= 0.3 is 5.97 Å². The van der Waals surface area contributed by atoms with Crippen molar-refractivity contribution in [2.75, 3.05) is 25.3 Å². The van der Waals surface area contributed by atoms with E-state index < -0.39 is 5.97 Å². The van der Waals surface area contributed by atoms with Gasteiger partial charge in [-0.25, -0.2) is 0 Å². The lowest BCUT2D eigenvalue weighted by Crippen LogP contribution is -2.40. The lowest BCUT2D eigenvalue weighted by Gasteiger charge is -2.29. The quantitative estimate of drug-likeness (QED) is 0.605. The van der Waals surface area contributed by atoms with Crippen molar-refractivity contribution in [1.82, 2.24) is 0 Å². The van der Waals surface area contributed by atoms with Crippen LogP contribution in [0.4, 0.5) is 5.69 Å². The number of halogens is 1. The molecule has 3 rings (SSSR count). The summed E-state index contributed by atoms with van der Waals surface area (Å²) in [7, 11) is 1.57. The molecule has 28 heavy (non-hydrogen) atoms. The van der Waals surface area contributed by atoms with E-state index in [1.54, 1.807) is 13.2 Å². The van der Waals surface area contributed by atoms with Gasteiger partial charge < -0.3 is 14.4 Å². The summed E-state index contributed by atoms with van der Waals surface area (Å²) >= 11 is 5.97. The molecule has 0 aromatic heterocycles. The first-order valence-electron chi connectivity index (χ1n) is 9.16. The first-order valence-corrected chi connectivity index (χ1v) is 9.54. The number of rotatable bonds is 5. The van der Waals surface area contributed by atoms with Crippen LogP contribution in [0.3, 0.4) is 0 Å². The third-order valence-corrected chi connectivity index (χ3v) is 4.54. The van der Waals surface area contributed by atoms with Crippen LogP contribution in [0.25, 0.3) is 11.1 Å². The Hall–Kier alpha value is -2.57. The molecule has 0 atom stereocenters. The van der Waals surface area contributed by atoms with Crippen molar-refractivity contribution < 1.29 is 19.1 Å². The van der Waals surface area contributed by atoms with Crippen molar-refractivity contribution in [3.8, 4) is 16.9 Å². The van der Waals surface area contributed by atoms with Crippen molar-refractivity contribution in [2.24, 2.45) is 5.73 Å². The van der Waals surface area contributed by atoms with Crippen molar-refractivity contribution in [2.45, 2.75) is 26.7 Å². The lowest BCUT2D eigenvalue weighted by atomic mass is 9.95. The largest absolute Gasteiger partial charge is 0.496 e. The van der Waals surface area contributed by atoms with Crippen molar-refractivity contribution in [3.63, 3.8) is 0 Å². The number of nitrogens with two attached hydrogens (primary N) is 1. The minimum absolute atomic E-state index is 0.132. The molecular formula is C21H25ClN2O4. The van der Waals surface area contributed by atoms with Gasteiger partial charge in [0.1, 0.15) is 19.0 Å². The third-order valence-electron chi connectivity index (χ3n) is 4.29. The summed E-state index contributed by atoms with van der Waals surface area (Å²) in [4.78, 5) is 25.5. The average Bonchev–Trinajstić information content (AvgIpc) is 2.71. The molecule has 0 saturated carbocycles. The number of carbonyl (C=O) groups is 2. The zero-order valence-electron chi connectivity index (χ0n) is 16.3. The van der Waals surface area contributed by atoms with Crippen molar-refractivity contribution in [1.29, 1.82) is 0 Å². The number of ether oxygens (including phenoxy) is 2. The van der Waals surface area contributed by atoms with Gasteiger partial charge in [0.05, 0.1) is 12.8 Å². The molecule has 0 unspecified atom stereocenters. The molecule has 1 heterocycles. The fourth-order valence-corrected chi connectivity index (χ4v) is 3.17. The number of methoxy groups -OCH3 is 1. The van der Waals surface area contributed by atoms with Crippen LogP contribution in [0, 0.1) is 0 Å². The Morgan fingerprint density at radius 3 is 2.46 bits per heavy atom. The summed E-state index contributed by atoms with van der Waals surface area (Å²) in [5.41, 5.74) is 8.72. The third kappa shape index (κ3) is 4.82. The fourth-order valence-electron chi connectivity index (χ4n) is 3.04. The predicted molar refractivity (Wildman–Crippen MR) is 111 cm³/mol. The second-order valence-electron chi connectivity index (χ2n) is 5.85. The summed E-state index contributed by atoms with van der Waals surface area (Å²) < 4.78 is 10.3. The molecule has 2 aromatic rings. The Labute approximate surface area is 170 Å². The van der Waals surface area contributed by atoms with Gasteiger partial charge in [-0.2, -0.15) is 0 Å². The molecule has 6 nitrogen and oxygen atoms in total. The van der Waals surface area contributed by atoms with Crippen LogP contribution in [-0.4, -0.2) is 32.3 Å². The van der Waals surface area contributed by atoms with E-state index in [4.69, 9.17) is 26.8 Å². The number of carbonyl (C=O) groups excluding carboxylic acids is 2. The number of nitrogens with zero attached hydrogens (tertiary/aromatic N) is 1. The highest BCUT2D eigenvalue weighted by Crippen LogP contribution is 2.39. The van der Waals surface area contributed by atoms with Crippen LogP contribution in [-0.2, 0) is 20.7 Å². The van der Waals surface area contributed by atoms with Gasteiger partial charge in [-0.15, -0.1) is 0 Å². The summed E-state index contributed by atoms with van der Waals surface area (Å²) in [6.07, 6.45) is 0.927. The van der Waals surface area contributed by atoms with Crippen LogP contribution in [0.2, 0.25) is 5.02 Å². The Bertz CT molecular complexity index is 837. The summed E-state index contributed by atoms with van der Waals surface area (Å²) in [5.74, 6) is -0.0693. The van der Waals surface area contributed by atoms with Crippen molar-refractivity contribution >= 4 is 29.2 Å².